The summed E-state index contributed by atoms with van der Waals surface area (Å²) in [6.07, 6.45) is 3.12. The van der Waals surface area contributed by atoms with E-state index in [1.165, 1.54) is 10.6 Å². The Hall–Kier alpha value is -2.69. The van der Waals surface area contributed by atoms with Gasteiger partial charge < -0.3 is 4.57 Å². The Bertz CT molecular complexity index is 672. The molecule has 1 heterocycles. The molecule has 1 N–H and O–H groups in total. The Kier molecular flexibility index (Phi) is 4.44. The Morgan fingerprint density at radius 2 is 2.00 bits per heavy atom. The average Bonchev–Trinajstić information content (AvgIpc) is 2.44. The van der Waals surface area contributed by atoms with E-state index in [-0.39, 0.29) is 18.0 Å². The highest BCUT2D eigenvalue weighted by Crippen LogP contribution is 1.99. The lowest BCUT2D eigenvalue weighted by atomic mass is 10.2. The van der Waals surface area contributed by atoms with Crippen LogP contribution in [0, 0.1) is 6.92 Å². The van der Waals surface area contributed by atoms with Gasteiger partial charge in [-0.1, -0.05) is 35.9 Å². The first kappa shape index (κ1) is 13.7. The average molecular weight is 269 g/mol. The Labute approximate surface area is 116 Å². The van der Waals surface area contributed by atoms with Crippen LogP contribution < -0.4 is 11.0 Å². The number of benzene rings is 1. The Morgan fingerprint density at radius 1 is 1.25 bits per heavy atom. The van der Waals surface area contributed by atoms with Gasteiger partial charge in [0.2, 0.25) is 0 Å². The maximum atomic E-state index is 11.6. The molecule has 0 bridgehead atoms. The minimum Gasteiger partial charge on any atom is -0.306 e. The van der Waals surface area contributed by atoms with Crippen molar-refractivity contribution in [1.29, 1.82) is 0 Å². The van der Waals surface area contributed by atoms with Gasteiger partial charge >= 0.3 is 0 Å². The van der Waals surface area contributed by atoms with Crippen molar-refractivity contribution >= 4 is 12.1 Å². The molecule has 5 heteroatoms. The fourth-order valence-electron chi connectivity index (χ4n) is 1.61. The number of hydrogen-bond acceptors (Lipinski definition) is 3. The van der Waals surface area contributed by atoms with Crippen LogP contribution in [0.5, 0.6) is 0 Å². The van der Waals surface area contributed by atoms with Crippen molar-refractivity contribution in [2.45, 2.75) is 13.5 Å². The van der Waals surface area contributed by atoms with Gasteiger partial charge in [0.05, 0.1) is 6.21 Å². The van der Waals surface area contributed by atoms with Crippen molar-refractivity contribution in [1.82, 2.24) is 9.99 Å². The van der Waals surface area contributed by atoms with Crippen LogP contribution in [-0.2, 0) is 11.3 Å². The van der Waals surface area contributed by atoms with Gasteiger partial charge in [0, 0.05) is 12.3 Å². The lowest BCUT2D eigenvalue weighted by Crippen LogP contribution is -2.28. The van der Waals surface area contributed by atoms with E-state index >= 15 is 0 Å². The van der Waals surface area contributed by atoms with Gasteiger partial charge in [-0.2, -0.15) is 5.10 Å². The lowest BCUT2D eigenvalue weighted by molar-refractivity contribution is -0.121. The molecular weight excluding hydrogens is 254 g/mol. The molecule has 0 saturated heterocycles. The van der Waals surface area contributed by atoms with E-state index < -0.39 is 0 Å². The van der Waals surface area contributed by atoms with Gasteiger partial charge in [-0.15, -0.1) is 0 Å². The summed E-state index contributed by atoms with van der Waals surface area (Å²) in [6.45, 7) is 1.95. The number of nitrogens with one attached hydrogen (secondary N) is 1. The van der Waals surface area contributed by atoms with E-state index in [0.29, 0.717) is 0 Å². The predicted molar refractivity (Wildman–Crippen MR) is 77.6 cm³/mol. The zero-order valence-electron chi connectivity index (χ0n) is 11.1. The predicted octanol–water partition coefficient (Wildman–Crippen LogP) is 1.31. The monoisotopic (exact) mass is 269 g/mol. The molecule has 2 aromatic rings. The number of rotatable bonds is 4. The van der Waals surface area contributed by atoms with E-state index in [1.54, 1.807) is 24.5 Å². The first-order chi connectivity index (χ1) is 9.65. The number of hydrazone groups is 1. The largest absolute Gasteiger partial charge is 0.306 e. The molecule has 102 valence electrons. The smallest absolute Gasteiger partial charge is 0.260 e. The van der Waals surface area contributed by atoms with Crippen molar-refractivity contribution in [3.8, 4) is 0 Å². The summed E-state index contributed by atoms with van der Waals surface area (Å²) in [5.41, 5.74) is 4.23. The third-order valence-corrected chi connectivity index (χ3v) is 2.69. The van der Waals surface area contributed by atoms with E-state index in [1.807, 2.05) is 31.2 Å². The Morgan fingerprint density at radius 3 is 2.70 bits per heavy atom. The molecule has 0 unspecified atom stereocenters. The zero-order chi connectivity index (χ0) is 14.4. The van der Waals surface area contributed by atoms with Crippen LogP contribution in [0.15, 0.2) is 58.6 Å². The van der Waals surface area contributed by atoms with Crippen molar-refractivity contribution in [3.63, 3.8) is 0 Å². The second kappa shape index (κ2) is 6.47. The fourth-order valence-corrected chi connectivity index (χ4v) is 1.61. The number of aromatic nitrogens is 1. The molecule has 20 heavy (non-hydrogen) atoms. The molecule has 0 fully saturated rings. The quantitative estimate of drug-likeness (QED) is 0.672. The standard InChI is InChI=1S/C15H15N3O2/c1-12-5-7-13(8-6-12)10-16-17-14(19)11-18-9-3-2-4-15(18)20/h2-10H,11H2,1H3,(H,17,19)/b16-10-. The van der Waals surface area contributed by atoms with Gasteiger partial charge in [0.1, 0.15) is 6.54 Å². The van der Waals surface area contributed by atoms with Crippen LogP contribution in [0.3, 0.4) is 0 Å². The number of nitrogens with zero attached hydrogens (tertiary/aromatic N) is 2. The van der Waals surface area contributed by atoms with E-state index in [2.05, 4.69) is 10.5 Å². The fraction of sp³-hybridized carbons (Fsp3) is 0.133. The van der Waals surface area contributed by atoms with E-state index in [9.17, 15) is 9.59 Å². The molecular formula is C15H15N3O2. The maximum Gasteiger partial charge on any atom is 0.260 e. The Balaban J connectivity index is 1.91. The van der Waals surface area contributed by atoms with Gasteiger partial charge in [0.25, 0.3) is 11.5 Å². The van der Waals surface area contributed by atoms with Crippen LogP contribution in [-0.4, -0.2) is 16.7 Å². The van der Waals surface area contributed by atoms with Gasteiger partial charge in [-0.05, 0) is 18.6 Å². The lowest BCUT2D eigenvalue weighted by Gasteiger charge is -2.03. The molecule has 1 amide bonds. The molecule has 0 aliphatic carbocycles. The minimum atomic E-state index is -0.346. The minimum absolute atomic E-state index is 0.0507. The third kappa shape index (κ3) is 3.91. The normalized spacial score (nSPS) is 10.7. The number of carbonyl (C=O) groups is 1. The molecule has 1 aromatic heterocycles. The molecule has 0 saturated carbocycles. The molecule has 5 nitrogen and oxygen atoms in total. The number of hydrogen-bond donors (Lipinski definition) is 1. The summed E-state index contributed by atoms with van der Waals surface area (Å²) in [7, 11) is 0. The second-order valence-corrected chi connectivity index (χ2v) is 4.37. The summed E-state index contributed by atoms with van der Waals surface area (Å²) in [5.74, 6) is -0.346. The molecule has 0 spiro atoms. The number of carbonyl (C=O) groups excluding carboxylic acids is 1. The van der Waals surface area contributed by atoms with Crippen LogP contribution in [0.2, 0.25) is 0 Å². The third-order valence-electron chi connectivity index (χ3n) is 2.69. The van der Waals surface area contributed by atoms with Crippen LogP contribution >= 0.6 is 0 Å². The van der Waals surface area contributed by atoms with Crippen molar-refractivity contribution in [2.75, 3.05) is 0 Å². The summed E-state index contributed by atoms with van der Waals surface area (Å²) >= 11 is 0. The number of pyridine rings is 1. The van der Waals surface area contributed by atoms with Crippen LogP contribution in [0.4, 0.5) is 0 Å². The molecule has 0 atom stereocenters. The number of aryl methyl sites for hydroxylation is 1. The highest BCUT2D eigenvalue weighted by atomic mass is 16.2. The topological polar surface area (TPSA) is 63.5 Å². The highest BCUT2D eigenvalue weighted by molar-refractivity contribution is 5.82. The van der Waals surface area contributed by atoms with Gasteiger partial charge in [-0.3, -0.25) is 9.59 Å². The van der Waals surface area contributed by atoms with E-state index in [0.717, 1.165) is 11.1 Å². The summed E-state index contributed by atoms with van der Waals surface area (Å²) in [4.78, 5) is 23.1. The SMILES string of the molecule is Cc1ccc(/C=N\NC(=O)Cn2ccccc2=O)cc1. The second-order valence-electron chi connectivity index (χ2n) is 4.37. The zero-order valence-corrected chi connectivity index (χ0v) is 11.1. The summed E-state index contributed by atoms with van der Waals surface area (Å²) < 4.78 is 1.32. The molecule has 0 aliphatic rings. The number of amides is 1. The van der Waals surface area contributed by atoms with E-state index in [4.69, 9.17) is 0 Å². The van der Waals surface area contributed by atoms with Crippen LogP contribution in [0.25, 0.3) is 0 Å². The van der Waals surface area contributed by atoms with Gasteiger partial charge in [-0.25, -0.2) is 5.43 Å². The van der Waals surface area contributed by atoms with Crippen LogP contribution in [0.1, 0.15) is 11.1 Å². The molecule has 1 aromatic carbocycles. The highest BCUT2D eigenvalue weighted by Gasteiger charge is 2.01. The van der Waals surface area contributed by atoms with Crippen molar-refractivity contribution in [3.05, 3.63) is 70.1 Å². The molecule has 0 radical (unpaired) electrons. The van der Waals surface area contributed by atoms with Crippen molar-refractivity contribution in [2.24, 2.45) is 5.10 Å². The molecule has 2 rings (SSSR count). The van der Waals surface area contributed by atoms with Crippen molar-refractivity contribution < 1.29 is 4.79 Å². The first-order valence-electron chi connectivity index (χ1n) is 6.19. The molecule has 0 aliphatic heterocycles. The first-order valence-corrected chi connectivity index (χ1v) is 6.19. The maximum absolute atomic E-state index is 11.6. The summed E-state index contributed by atoms with van der Waals surface area (Å²) in [5, 5.41) is 3.86. The summed E-state index contributed by atoms with van der Waals surface area (Å²) in [6, 6.07) is 12.5. The van der Waals surface area contributed by atoms with Gasteiger partial charge in [0.15, 0.2) is 0 Å².